The number of hydrogen-bond donors (Lipinski definition) is 0. The number of piperidine rings is 1. The highest BCUT2D eigenvalue weighted by Gasteiger charge is 2.22. The molecule has 0 amide bonds. The molecule has 0 N–H and O–H groups in total. The largest absolute Gasteiger partial charge is 0.476 e. The van der Waals surface area contributed by atoms with Crippen LogP contribution in [0, 0.1) is 19.8 Å². The normalized spacial score (nSPS) is 15.4. The summed E-state index contributed by atoms with van der Waals surface area (Å²) in [6.07, 6.45) is 6.83. The molecule has 3 aromatic heterocycles. The van der Waals surface area contributed by atoms with Gasteiger partial charge in [0.25, 0.3) is 0 Å². The van der Waals surface area contributed by atoms with Gasteiger partial charge in [0, 0.05) is 31.5 Å². The number of aryl methyl sites for hydroxylation is 3. The lowest BCUT2D eigenvalue weighted by Crippen LogP contribution is -2.36. The molecule has 0 bridgehead atoms. The summed E-state index contributed by atoms with van der Waals surface area (Å²) in [4.78, 5) is 6.96. The summed E-state index contributed by atoms with van der Waals surface area (Å²) < 4.78 is 7.85. The van der Waals surface area contributed by atoms with E-state index >= 15 is 0 Å². The molecule has 1 fully saturated rings. The van der Waals surface area contributed by atoms with Crippen LogP contribution in [0.5, 0.6) is 5.88 Å². The monoisotopic (exact) mass is 366 g/mol. The van der Waals surface area contributed by atoms with Gasteiger partial charge in [-0.2, -0.15) is 10.2 Å². The smallest absolute Gasteiger partial charge is 0.233 e. The van der Waals surface area contributed by atoms with E-state index in [1.165, 1.54) is 5.56 Å². The highest BCUT2D eigenvalue weighted by atomic mass is 16.5. The first-order valence-corrected chi connectivity index (χ1v) is 9.66. The van der Waals surface area contributed by atoms with Crippen molar-refractivity contribution in [2.24, 2.45) is 5.92 Å². The van der Waals surface area contributed by atoms with Crippen LogP contribution in [0.4, 0.5) is 5.82 Å². The lowest BCUT2D eigenvalue weighted by Gasteiger charge is -2.32. The van der Waals surface area contributed by atoms with Gasteiger partial charge in [0.1, 0.15) is 5.52 Å². The molecule has 1 saturated heterocycles. The number of ether oxygens (including phenoxy) is 1. The summed E-state index contributed by atoms with van der Waals surface area (Å²) in [6.45, 7) is 8.77. The molecule has 27 heavy (non-hydrogen) atoms. The van der Waals surface area contributed by atoms with Crippen LogP contribution in [-0.4, -0.2) is 44.5 Å². The Labute approximate surface area is 159 Å². The van der Waals surface area contributed by atoms with E-state index in [9.17, 15) is 0 Å². The van der Waals surface area contributed by atoms with Crippen LogP contribution in [0.3, 0.4) is 0 Å². The first-order chi connectivity index (χ1) is 13.1. The average Bonchev–Trinajstić information content (AvgIpc) is 3.08. The number of aromatic nitrogens is 5. The molecule has 7 nitrogen and oxygen atoms in total. The van der Waals surface area contributed by atoms with Crippen molar-refractivity contribution in [2.45, 2.75) is 40.0 Å². The van der Waals surface area contributed by atoms with E-state index in [1.807, 2.05) is 36.8 Å². The van der Waals surface area contributed by atoms with Crippen LogP contribution in [0.1, 0.15) is 36.7 Å². The standard InChI is InChI=1S/C20H26N6O/c1-4-17-12-19(23-22-15(17)3)27-13-16-5-8-25(9-6-16)20-18-11-14(2)24-26(18)10-7-21-20/h7,10-12,16H,4-6,8-9,13H2,1-3H3. The van der Waals surface area contributed by atoms with Gasteiger partial charge < -0.3 is 9.64 Å². The molecule has 0 spiro atoms. The zero-order chi connectivity index (χ0) is 18.8. The zero-order valence-corrected chi connectivity index (χ0v) is 16.2. The lowest BCUT2D eigenvalue weighted by molar-refractivity contribution is 0.214. The molecule has 7 heteroatoms. The number of anilines is 1. The maximum Gasteiger partial charge on any atom is 0.233 e. The Kier molecular flexibility index (Phi) is 4.92. The number of nitrogens with zero attached hydrogens (tertiary/aromatic N) is 6. The minimum absolute atomic E-state index is 0.529. The van der Waals surface area contributed by atoms with Crippen LogP contribution in [-0.2, 0) is 6.42 Å². The summed E-state index contributed by atoms with van der Waals surface area (Å²) in [6, 6.07) is 4.11. The summed E-state index contributed by atoms with van der Waals surface area (Å²) in [5.74, 6) is 2.19. The predicted octanol–water partition coefficient (Wildman–Crippen LogP) is 2.99. The maximum absolute atomic E-state index is 5.94. The van der Waals surface area contributed by atoms with Gasteiger partial charge in [-0.15, -0.1) is 5.10 Å². The molecule has 4 rings (SSSR count). The third-order valence-electron chi connectivity index (χ3n) is 5.31. The van der Waals surface area contributed by atoms with Crippen molar-refractivity contribution in [3.8, 4) is 5.88 Å². The third kappa shape index (κ3) is 3.72. The molecule has 142 valence electrons. The van der Waals surface area contributed by atoms with Crippen molar-refractivity contribution >= 4 is 11.3 Å². The van der Waals surface area contributed by atoms with Gasteiger partial charge in [0.2, 0.25) is 5.88 Å². The fourth-order valence-corrected chi connectivity index (χ4v) is 3.69. The molecule has 0 aromatic carbocycles. The molecular formula is C20H26N6O. The van der Waals surface area contributed by atoms with Crippen LogP contribution < -0.4 is 9.64 Å². The lowest BCUT2D eigenvalue weighted by atomic mass is 9.98. The second-order valence-corrected chi connectivity index (χ2v) is 7.25. The van der Waals surface area contributed by atoms with E-state index in [0.717, 1.165) is 55.1 Å². The topological polar surface area (TPSA) is 68.4 Å². The third-order valence-corrected chi connectivity index (χ3v) is 5.31. The minimum Gasteiger partial charge on any atom is -0.476 e. The number of hydrogen-bond acceptors (Lipinski definition) is 6. The minimum atomic E-state index is 0.529. The molecule has 3 aromatic rings. The van der Waals surface area contributed by atoms with E-state index in [1.54, 1.807) is 0 Å². The highest BCUT2D eigenvalue weighted by Crippen LogP contribution is 2.26. The average molecular weight is 366 g/mol. The molecule has 0 saturated carbocycles. The molecule has 1 aliphatic heterocycles. The Balaban J connectivity index is 1.36. The van der Waals surface area contributed by atoms with Gasteiger partial charge >= 0.3 is 0 Å². The van der Waals surface area contributed by atoms with Gasteiger partial charge in [-0.25, -0.2) is 9.50 Å². The van der Waals surface area contributed by atoms with Crippen LogP contribution >= 0.6 is 0 Å². The molecule has 0 unspecified atom stereocenters. The molecule has 0 aliphatic carbocycles. The quantitative estimate of drug-likeness (QED) is 0.691. The predicted molar refractivity (Wildman–Crippen MR) is 104 cm³/mol. The first-order valence-electron chi connectivity index (χ1n) is 9.66. The SMILES string of the molecule is CCc1cc(OCC2CCN(c3nccn4nc(C)cc34)CC2)nnc1C. The molecule has 1 aliphatic rings. The summed E-state index contributed by atoms with van der Waals surface area (Å²) >= 11 is 0. The van der Waals surface area contributed by atoms with Crippen molar-refractivity contribution in [1.82, 2.24) is 24.8 Å². The maximum atomic E-state index is 5.94. The number of rotatable bonds is 5. The highest BCUT2D eigenvalue weighted by molar-refractivity contribution is 5.69. The van der Waals surface area contributed by atoms with E-state index in [-0.39, 0.29) is 0 Å². The van der Waals surface area contributed by atoms with E-state index in [0.29, 0.717) is 18.4 Å². The molecule has 0 atom stereocenters. The zero-order valence-electron chi connectivity index (χ0n) is 16.2. The van der Waals surface area contributed by atoms with Gasteiger partial charge in [-0.05, 0) is 50.7 Å². The Morgan fingerprint density at radius 1 is 1.15 bits per heavy atom. The second kappa shape index (κ2) is 7.50. The van der Waals surface area contributed by atoms with Crippen molar-refractivity contribution < 1.29 is 4.74 Å². The van der Waals surface area contributed by atoms with Gasteiger partial charge in [-0.3, -0.25) is 0 Å². The van der Waals surface area contributed by atoms with E-state index < -0.39 is 0 Å². The van der Waals surface area contributed by atoms with Gasteiger partial charge in [0.05, 0.1) is 18.0 Å². The Hall–Kier alpha value is -2.70. The summed E-state index contributed by atoms with van der Waals surface area (Å²) in [7, 11) is 0. The Bertz CT molecular complexity index is 929. The van der Waals surface area contributed by atoms with Crippen LogP contribution in [0.2, 0.25) is 0 Å². The van der Waals surface area contributed by atoms with E-state index in [4.69, 9.17) is 4.74 Å². The fraction of sp³-hybridized carbons (Fsp3) is 0.500. The fourth-order valence-electron chi connectivity index (χ4n) is 3.69. The molecule has 4 heterocycles. The van der Waals surface area contributed by atoms with E-state index in [2.05, 4.69) is 38.2 Å². The van der Waals surface area contributed by atoms with Crippen molar-refractivity contribution in [3.05, 3.63) is 41.5 Å². The molecular weight excluding hydrogens is 340 g/mol. The van der Waals surface area contributed by atoms with Crippen LogP contribution in [0.25, 0.3) is 5.52 Å². The summed E-state index contributed by atoms with van der Waals surface area (Å²) in [5.41, 5.74) is 4.27. The van der Waals surface area contributed by atoms with Crippen LogP contribution in [0.15, 0.2) is 24.5 Å². The second-order valence-electron chi connectivity index (χ2n) is 7.25. The van der Waals surface area contributed by atoms with Crippen molar-refractivity contribution in [3.63, 3.8) is 0 Å². The molecule has 0 radical (unpaired) electrons. The van der Waals surface area contributed by atoms with Crippen molar-refractivity contribution in [1.29, 1.82) is 0 Å². The number of fused-ring (bicyclic) bond motifs is 1. The van der Waals surface area contributed by atoms with Gasteiger partial charge in [-0.1, -0.05) is 6.92 Å². The Morgan fingerprint density at radius 2 is 1.96 bits per heavy atom. The Morgan fingerprint density at radius 3 is 2.74 bits per heavy atom. The first kappa shape index (κ1) is 17.7. The van der Waals surface area contributed by atoms with Crippen molar-refractivity contribution in [2.75, 3.05) is 24.6 Å². The van der Waals surface area contributed by atoms with Gasteiger partial charge in [0.15, 0.2) is 5.82 Å². The summed E-state index contributed by atoms with van der Waals surface area (Å²) in [5, 5.41) is 12.8.